The number of rotatable bonds is 10. The van der Waals surface area contributed by atoms with Crippen molar-refractivity contribution in [3.63, 3.8) is 0 Å². The van der Waals surface area contributed by atoms with Crippen molar-refractivity contribution >= 4 is 40.1 Å². The first-order valence-electron chi connectivity index (χ1n) is 14.6. The smallest absolute Gasteiger partial charge is 0.661 e. The van der Waals surface area contributed by atoms with Crippen molar-refractivity contribution in [1.82, 2.24) is 0 Å². The zero-order valence-corrected chi connectivity index (χ0v) is 29.0. The number of allylic oxidation sites excluding steroid dienone is 2. The predicted octanol–water partition coefficient (Wildman–Crippen LogP) is 9.76. The van der Waals surface area contributed by atoms with E-state index in [2.05, 4.69) is 150 Å². The average molecular weight is 543 g/mol. The van der Waals surface area contributed by atoms with Crippen LogP contribution >= 0.6 is 0 Å². The maximum atomic E-state index is 5.10. The fraction of sp³-hybridized carbons (Fsp3) is 0.571. The summed E-state index contributed by atoms with van der Waals surface area (Å²) in [5.74, 6) is 1.82. The molecule has 0 spiro atoms. The van der Waals surface area contributed by atoms with Crippen molar-refractivity contribution in [3.8, 4) is 0 Å². The van der Waals surface area contributed by atoms with E-state index in [0.29, 0.717) is 35.8 Å². The molecule has 0 saturated carbocycles. The molecule has 0 atom stereocenters. The third-order valence-electron chi connectivity index (χ3n) is 6.35. The second kappa shape index (κ2) is 17.9. The number of benzene rings is 2. The van der Waals surface area contributed by atoms with E-state index in [1.165, 1.54) is 27.9 Å². The van der Waals surface area contributed by atoms with E-state index in [9.17, 15) is 0 Å². The monoisotopic (exact) mass is 542 g/mol. The van der Waals surface area contributed by atoms with E-state index in [4.69, 9.17) is 5.32 Å². The maximum absolute atomic E-state index is 5.10. The van der Waals surface area contributed by atoms with Crippen LogP contribution in [0.15, 0.2) is 48.2 Å². The zero-order chi connectivity index (χ0) is 29.2. The van der Waals surface area contributed by atoms with Gasteiger partial charge in [-0.15, -0.1) is 17.8 Å². The van der Waals surface area contributed by atoms with Crippen LogP contribution in [0.4, 0.5) is 11.4 Å². The Bertz CT molecular complexity index is 1000. The van der Waals surface area contributed by atoms with Crippen LogP contribution in [0, 0.1) is 0 Å². The van der Waals surface area contributed by atoms with E-state index >= 15 is 0 Å². The molecule has 2 aromatic carbocycles. The van der Waals surface area contributed by atoms with Gasteiger partial charge in [-0.1, -0.05) is 138 Å². The van der Waals surface area contributed by atoms with Crippen molar-refractivity contribution < 1.29 is 4.99 Å². The summed E-state index contributed by atoms with van der Waals surface area (Å²) in [5, 5.41) is 9.38. The van der Waals surface area contributed by atoms with Gasteiger partial charge in [0.2, 0.25) is 5.69 Å². The molecule has 2 rings (SSSR count). The van der Waals surface area contributed by atoms with Crippen LogP contribution in [-0.4, -0.2) is 40.8 Å². The van der Waals surface area contributed by atoms with Gasteiger partial charge in [0, 0.05) is 18.1 Å². The number of para-hydroxylation sites is 2. The van der Waals surface area contributed by atoms with Gasteiger partial charge >= 0.3 is 23.1 Å². The summed E-state index contributed by atoms with van der Waals surface area (Å²) in [5.41, 5.74) is 9.88. The topological polar surface area (TPSA) is 42.2 Å². The molecule has 0 amide bonds. The summed E-state index contributed by atoms with van der Waals surface area (Å²) in [4.78, 5) is 3.71. The molecule has 3 nitrogen and oxygen atoms in total. The molecule has 0 heterocycles. The summed E-state index contributed by atoms with van der Waals surface area (Å²) in [6.45, 7) is 30.6. The molecule has 0 aromatic heterocycles. The molecule has 0 fully saturated rings. The number of nitrogens with zero attached hydrogens (tertiary/aromatic N) is 2. The van der Waals surface area contributed by atoms with Crippen LogP contribution < -0.4 is 4.99 Å². The molecule has 0 bridgehead atoms. The first-order valence-corrected chi connectivity index (χ1v) is 14.6. The third kappa shape index (κ3) is 12.6. The molecule has 0 aliphatic carbocycles. The van der Waals surface area contributed by atoms with Crippen LogP contribution in [0.5, 0.6) is 0 Å². The van der Waals surface area contributed by atoms with Gasteiger partial charge in [0.05, 0.1) is 0 Å². The summed E-state index contributed by atoms with van der Waals surface area (Å²) in [6.07, 6.45) is 2.17. The molecular weight excluding hydrogens is 487 g/mol. The molecule has 0 unspecified atom stereocenters. The first kappa shape index (κ1) is 37.4. The Kier molecular flexibility index (Phi) is 17.2. The van der Waals surface area contributed by atoms with Crippen LogP contribution in [0.1, 0.15) is 143 Å². The van der Waals surface area contributed by atoms with Crippen LogP contribution in [0.2, 0.25) is 0 Å². The van der Waals surface area contributed by atoms with Crippen molar-refractivity contribution in [1.29, 1.82) is 0 Å². The van der Waals surface area contributed by atoms with Gasteiger partial charge in [0.1, 0.15) is 0 Å². The molecule has 212 valence electrons. The molecule has 39 heavy (non-hydrogen) atoms. The summed E-state index contributed by atoms with van der Waals surface area (Å²) >= 11 is 0. The molecule has 0 saturated heterocycles. The number of nitrogens with one attached hydrogen (secondary N) is 1. The van der Waals surface area contributed by atoms with E-state index in [-0.39, 0.29) is 23.1 Å². The van der Waals surface area contributed by atoms with Gasteiger partial charge in [0.15, 0.2) is 5.71 Å². The molecule has 1 N–H and O–H groups in total. The van der Waals surface area contributed by atoms with Crippen LogP contribution in [-0.2, 0) is 0 Å². The number of hydrogen-bond acceptors (Lipinski definition) is 0. The Morgan fingerprint density at radius 1 is 0.615 bits per heavy atom. The summed E-state index contributed by atoms with van der Waals surface area (Å²) in [7, 11) is 0. The minimum Gasteiger partial charge on any atom is -0.661 e. The normalized spacial score (nSPS) is 12.4. The molecule has 4 heteroatoms. The van der Waals surface area contributed by atoms with E-state index in [1.807, 2.05) is 0 Å². The third-order valence-corrected chi connectivity index (χ3v) is 6.35. The van der Waals surface area contributed by atoms with E-state index in [1.54, 1.807) is 0 Å². The van der Waals surface area contributed by atoms with Crippen LogP contribution in [0.3, 0.4) is 0 Å². The SMILES string of the molecule is CC(/C=C(/C)[N-]c1c(C(C)C)cccc1C(C)C)=[NH+]c1c(C(C)C)cccc1C(C)C.CC(C)[N-]C(C)C.[Mg+2]. The van der Waals surface area contributed by atoms with Crippen molar-refractivity contribution in [3.05, 3.63) is 81.1 Å². The van der Waals surface area contributed by atoms with Crippen molar-refractivity contribution in [2.24, 2.45) is 0 Å². The van der Waals surface area contributed by atoms with E-state index in [0.717, 1.165) is 17.1 Å². The van der Waals surface area contributed by atoms with Gasteiger partial charge in [-0.2, -0.15) is 5.70 Å². The fourth-order valence-electron chi connectivity index (χ4n) is 4.69. The molecular formula is C35H56MgN3+. The second-order valence-electron chi connectivity index (χ2n) is 12.3. The Hall–Kier alpha value is -1.62. The summed E-state index contributed by atoms with van der Waals surface area (Å²) < 4.78 is 0. The Morgan fingerprint density at radius 3 is 1.28 bits per heavy atom. The van der Waals surface area contributed by atoms with Gasteiger partial charge in [-0.3, -0.25) is 0 Å². The maximum Gasteiger partial charge on any atom is 2.00 e. The van der Waals surface area contributed by atoms with E-state index < -0.39 is 0 Å². The second-order valence-corrected chi connectivity index (χ2v) is 12.3. The van der Waals surface area contributed by atoms with Gasteiger partial charge in [-0.05, 0) is 29.7 Å². The molecule has 0 aliphatic heterocycles. The van der Waals surface area contributed by atoms with Crippen LogP contribution in [0.25, 0.3) is 10.6 Å². The summed E-state index contributed by atoms with van der Waals surface area (Å²) in [6, 6.07) is 14.2. The number of hydrogen-bond donors (Lipinski definition) is 1. The fourth-order valence-corrected chi connectivity index (χ4v) is 4.69. The Morgan fingerprint density at radius 2 is 0.974 bits per heavy atom. The predicted molar refractivity (Wildman–Crippen MR) is 177 cm³/mol. The average Bonchev–Trinajstić information content (AvgIpc) is 2.77. The van der Waals surface area contributed by atoms with Gasteiger partial charge in [0.25, 0.3) is 0 Å². The minimum atomic E-state index is 0. The Labute approximate surface area is 257 Å². The minimum absolute atomic E-state index is 0. The molecule has 0 radical (unpaired) electrons. The largest absolute Gasteiger partial charge is 2.00 e. The van der Waals surface area contributed by atoms with Crippen molar-refractivity contribution in [2.75, 3.05) is 0 Å². The molecule has 2 aromatic rings. The first-order chi connectivity index (χ1) is 17.6. The quantitative estimate of drug-likeness (QED) is 0.229. The van der Waals surface area contributed by atoms with Gasteiger partial charge < -0.3 is 10.6 Å². The zero-order valence-electron chi connectivity index (χ0n) is 27.6. The Balaban J connectivity index is 0.00000159. The standard InChI is InChI=1S/C29H41N2.C6H14N.Mg/c1-18(2)24-13-11-14-25(19(3)4)28(24)30-22(9)17-23(10)31-29-26(20(5)6)15-12-16-27(29)21(7)8;1-5(2)7-6(3)4;/h11-21H,1-10H3;5-6H,1-4H3;/q2*-1;+2/p+1/b22-17-,31-23?;;. The molecule has 0 aliphatic rings. The van der Waals surface area contributed by atoms with Crippen molar-refractivity contribution in [2.45, 2.75) is 133 Å². The van der Waals surface area contributed by atoms with Gasteiger partial charge in [-0.25, -0.2) is 4.99 Å².